The number of benzene rings is 1. The van der Waals surface area contributed by atoms with Crippen molar-refractivity contribution in [3.05, 3.63) is 46.8 Å². The van der Waals surface area contributed by atoms with Gasteiger partial charge in [-0.1, -0.05) is 18.2 Å². The lowest BCUT2D eigenvalue weighted by atomic mass is 10.3. The second kappa shape index (κ2) is 5.53. The number of thiophene rings is 1. The highest BCUT2D eigenvalue weighted by molar-refractivity contribution is 7.16. The van der Waals surface area contributed by atoms with Gasteiger partial charge in [0.05, 0.1) is 5.56 Å². The van der Waals surface area contributed by atoms with Gasteiger partial charge in [0.25, 0.3) is 5.91 Å². The van der Waals surface area contributed by atoms with E-state index in [0.29, 0.717) is 16.3 Å². The van der Waals surface area contributed by atoms with Gasteiger partial charge >= 0.3 is 6.03 Å². The molecule has 6 heteroatoms. The number of nitrogens with two attached hydrogens (primary N) is 1. The van der Waals surface area contributed by atoms with Crippen molar-refractivity contribution in [3.8, 4) is 0 Å². The maximum Gasteiger partial charge on any atom is 0.324 e. The van der Waals surface area contributed by atoms with Gasteiger partial charge in [0.2, 0.25) is 0 Å². The number of hydrogen-bond acceptors (Lipinski definition) is 3. The fourth-order valence-corrected chi connectivity index (χ4v) is 2.49. The van der Waals surface area contributed by atoms with Gasteiger partial charge in [-0.15, -0.1) is 11.3 Å². The Balaban J connectivity index is 2.09. The smallest absolute Gasteiger partial charge is 0.324 e. The standard InChI is InChI=1S/C13H13N3O2S/c1-8-7-10(11(14)17)12(19-8)16-13(18)15-9-5-3-2-4-6-9/h2-7H,1H3,(H2,14,17)(H2,15,16,18). The summed E-state index contributed by atoms with van der Waals surface area (Å²) < 4.78 is 0. The molecule has 1 aromatic heterocycles. The van der Waals surface area contributed by atoms with Crippen LogP contribution in [0, 0.1) is 6.92 Å². The van der Waals surface area contributed by atoms with E-state index in [4.69, 9.17) is 5.73 Å². The molecule has 0 aliphatic carbocycles. The van der Waals surface area contributed by atoms with Crippen LogP contribution in [0.15, 0.2) is 36.4 Å². The number of nitrogens with one attached hydrogen (secondary N) is 2. The lowest BCUT2D eigenvalue weighted by Crippen LogP contribution is -2.21. The van der Waals surface area contributed by atoms with Crippen molar-refractivity contribution in [2.24, 2.45) is 5.73 Å². The van der Waals surface area contributed by atoms with E-state index in [2.05, 4.69) is 10.6 Å². The molecule has 0 spiro atoms. The normalized spacial score (nSPS) is 9.95. The van der Waals surface area contributed by atoms with E-state index in [1.807, 2.05) is 25.1 Å². The Kier molecular flexibility index (Phi) is 3.82. The van der Waals surface area contributed by atoms with Crippen molar-refractivity contribution in [2.75, 3.05) is 10.6 Å². The van der Waals surface area contributed by atoms with Crippen molar-refractivity contribution >= 4 is 34.0 Å². The molecule has 19 heavy (non-hydrogen) atoms. The van der Waals surface area contributed by atoms with Crippen LogP contribution in [-0.2, 0) is 0 Å². The monoisotopic (exact) mass is 275 g/mol. The first-order chi connectivity index (χ1) is 9.06. The van der Waals surface area contributed by atoms with Crippen LogP contribution in [0.5, 0.6) is 0 Å². The summed E-state index contributed by atoms with van der Waals surface area (Å²) in [5, 5.41) is 5.76. The molecule has 0 atom stereocenters. The minimum Gasteiger partial charge on any atom is -0.366 e. The van der Waals surface area contributed by atoms with Crippen LogP contribution in [0.3, 0.4) is 0 Å². The number of primary amides is 1. The molecule has 1 aromatic carbocycles. The Hall–Kier alpha value is -2.34. The Morgan fingerprint density at radius 3 is 2.47 bits per heavy atom. The number of amides is 3. The first-order valence-corrected chi connectivity index (χ1v) is 6.41. The van der Waals surface area contributed by atoms with Crippen molar-refractivity contribution in [1.82, 2.24) is 0 Å². The first kappa shape index (κ1) is 13.1. The summed E-state index contributed by atoms with van der Waals surface area (Å²) in [6, 6.07) is 10.3. The molecule has 0 bridgehead atoms. The van der Waals surface area contributed by atoms with Crippen LogP contribution in [0.4, 0.5) is 15.5 Å². The quantitative estimate of drug-likeness (QED) is 0.804. The SMILES string of the molecule is Cc1cc(C(N)=O)c(NC(=O)Nc2ccccc2)s1. The van der Waals surface area contributed by atoms with Gasteiger partial charge in [-0.3, -0.25) is 10.1 Å². The van der Waals surface area contributed by atoms with Crippen LogP contribution in [0.2, 0.25) is 0 Å². The molecule has 5 nitrogen and oxygen atoms in total. The second-order valence-electron chi connectivity index (χ2n) is 3.91. The van der Waals surface area contributed by atoms with Gasteiger partial charge in [0.15, 0.2) is 0 Å². The van der Waals surface area contributed by atoms with E-state index in [1.54, 1.807) is 18.2 Å². The molecule has 0 aliphatic heterocycles. The Morgan fingerprint density at radius 1 is 1.16 bits per heavy atom. The number of rotatable bonds is 3. The topological polar surface area (TPSA) is 84.2 Å². The summed E-state index contributed by atoms with van der Waals surface area (Å²) >= 11 is 1.31. The molecule has 0 saturated carbocycles. The summed E-state index contributed by atoms with van der Waals surface area (Å²) in [6.45, 7) is 1.84. The summed E-state index contributed by atoms with van der Waals surface area (Å²) in [7, 11) is 0. The van der Waals surface area contributed by atoms with Gasteiger partial charge in [-0.05, 0) is 25.1 Å². The second-order valence-corrected chi connectivity index (χ2v) is 5.17. The number of urea groups is 1. The molecule has 3 amide bonds. The zero-order valence-corrected chi connectivity index (χ0v) is 11.1. The van der Waals surface area contributed by atoms with E-state index in [9.17, 15) is 9.59 Å². The minimum absolute atomic E-state index is 0.325. The van der Waals surface area contributed by atoms with Crippen LogP contribution in [0.1, 0.15) is 15.2 Å². The fourth-order valence-electron chi connectivity index (χ4n) is 1.58. The molecule has 2 aromatic rings. The minimum atomic E-state index is -0.556. The van der Waals surface area contributed by atoms with E-state index in [1.165, 1.54) is 11.3 Å². The van der Waals surface area contributed by atoms with Crippen molar-refractivity contribution in [2.45, 2.75) is 6.92 Å². The lowest BCUT2D eigenvalue weighted by molar-refractivity contribution is 0.100. The number of carbonyl (C=O) groups is 2. The third kappa shape index (κ3) is 3.32. The van der Waals surface area contributed by atoms with E-state index < -0.39 is 11.9 Å². The lowest BCUT2D eigenvalue weighted by Gasteiger charge is -2.06. The summed E-state index contributed by atoms with van der Waals surface area (Å²) in [4.78, 5) is 23.9. The summed E-state index contributed by atoms with van der Waals surface area (Å²) in [5.41, 5.74) is 6.25. The van der Waals surface area contributed by atoms with Gasteiger partial charge < -0.3 is 11.1 Å². The highest BCUT2D eigenvalue weighted by Crippen LogP contribution is 2.27. The van der Waals surface area contributed by atoms with Crippen LogP contribution >= 0.6 is 11.3 Å². The fraction of sp³-hybridized carbons (Fsp3) is 0.0769. The zero-order chi connectivity index (χ0) is 13.8. The Morgan fingerprint density at radius 2 is 1.84 bits per heavy atom. The van der Waals surface area contributed by atoms with E-state index in [0.717, 1.165) is 4.88 Å². The maximum absolute atomic E-state index is 11.8. The van der Waals surface area contributed by atoms with Crippen LogP contribution in [-0.4, -0.2) is 11.9 Å². The highest BCUT2D eigenvalue weighted by atomic mass is 32.1. The third-order valence-electron chi connectivity index (χ3n) is 2.38. The summed E-state index contributed by atoms with van der Waals surface area (Å²) in [5.74, 6) is -0.556. The number of aryl methyl sites for hydroxylation is 1. The van der Waals surface area contributed by atoms with Crippen molar-refractivity contribution in [3.63, 3.8) is 0 Å². The first-order valence-electron chi connectivity index (χ1n) is 5.59. The van der Waals surface area contributed by atoms with Crippen LogP contribution < -0.4 is 16.4 Å². The van der Waals surface area contributed by atoms with Gasteiger partial charge in [0.1, 0.15) is 5.00 Å². The molecule has 0 radical (unpaired) electrons. The predicted molar refractivity (Wildman–Crippen MR) is 76.7 cm³/mol. The molecule has 98 valence electrons. The van der Waals surface area contributed by atoms with Crippen molar-refractivity contribution < 1.29 is 9.59 Å². The molecular formula is C13H13N3O2S. The zero-order valence-electron chi connectivity index (χ0n) is 10.3. The van der Waals surface area contributed by atoms with Crippen molar-refractivity contribution in [1.29, 1.82) is 0 Å². The largest absolute Gasteiger partial charge is 0.366 e. The number of para-hydroxylation sites is 1. The predicted octanol–water partition coefficient (Wildman–Crippen LogP) is 2.80. The molecule has 4 N–H and O–H groups in total. The van der Waals surface area contributed by atoms with Crippen LogP contribution in [0.25, 0.3) is 0 Å². The van der Waals surface area contributed by atoms with Gasteiger partial charge in [-0.2, -0.15) is 0 Å². The number of anilines is 2. The third-order valence-corrected chi connectivity index (χ3v) is 3.35. The molecule has 2 rings (SSSR count). The molecular weight excluding hydrogens is 262 g/mol. The molecule has 0 unspecified atom stereocenters. The average molecular weight is 275 g/mol. The van der Waals surface area contributed by atoms with Gasteiger partial charge in [-0.25, -0.2) is 4.79 Å². The van der Waals surface area contributed by atoms with E-state index in [-0.39, 0.29) is 0 Å². The molecule has 0 saturated heterocycles. The molecule has 1 heterocycles. The average Bonchev–Trinajstić information content (AvgIpc) is 2.71. The molecule has 0 fully saturated rings. The van der Waals surface area contributed by atoms with Gasteiger partial charge in [0, 0.05) is 10.6 Å². The Bertz CT molecular complexity index is 608. The highest BCUT2D eigenvalue weighted by Gasteiger charge is 2.14. The number of carbonyl (C=O) groups excluding carboxylic acids is 2. The summed E-state index contributed by atoms with van der Waals surface area (Å²) in [6.07, 6.45) is 0. The molecule has 0 aliphatic rings. The Labute approximate surface area is 114 Å². The van der Waals surface area contributed by atoms with E-state index >= 15 is 0 Å². The number of hydrogen-bond donors (Lipinski definition) is 3. The maximum atomic E-state index is 11.8.